The number of hydrogen-bond acceptors (Lipinski definition) is 4. The van der Waals surface area contributed by atoms with Gasteiger partial charge < -0.3 is 20.5 Å². The maximum Gasteiger partial charge on any atom is 0.160 e. The van der Waals surface area contributed by atoms with Gasteiger partial charge in [0.15, 0.2) is 11.5 Å². The Balaban J connectivity index is 1.97. The van der Waals surface area contributed by atoms with Crippen LogP contribution < -0.4 is 20.5 Å². The molecule has 0 bridgehead atoms. The van der Waals surface area contributed by atoms with Crippen molar-refractivity contribution in [2.45, 2.75) is 6.42 Å². The fraction of sp³-hybridized carbons (Fsp3) is 0.250. The molecule has 4 nitrogen and oxygen atoms in total. The maximum atomic E-state index is 13.2. The first-order chi connectivity index (χ1) is 10.1. The van der Waals surface area contributed by atoms with Crippen molar-refractivity contribution >= 4 is 11.4 Å². The summed E-state index contributed by atoms with van der Waals surface area (Å²) < 4.78 is 23.7. The van der Waals surface area contributed by atoms with E-state index in [1.54, 1.807) is 20.3 Å². The Labute approximate surface area is 123 Å². The SMILES string of the molecule is COc1ccc(CCNc2cc(N)cc(F)c2)cc1OC. The molecule has 0 aromatic heterocycles. The van der Waals surface area contributed by atoms with Gasteiger partial charge in [-0.1, -0.05) is 6.07 Å². The van der Waals surface area contributed by atoms with Crippen molar-refractivity contribution in [3.05, 3.63) is 47.8 Å². The van der Waals surface area contributed by atoms with Crippen LogP contribution in [0.1, 0.15) is 5.56 Å². The van der Waals surface area contributed by atoms with Crippen molar-refractivity contribution < 1.29 is 13.9 Å². The largest absolute Gasteiger partial charge is 0.493 e. The summed E-state index contributed by atoms with van der Waals surface area (Å²) >= 11 is 0. The molecule has 0 heterocycles. The number of ether oxygens (including phenoxy) is 2. The summed E-state index contributed by atoms with van der Waals surface area (Å²) in [7, 11) is 3.21. The fourth-order valence-electron chi connectivity index (χ4n) is 2.10. The van der Waals surface area contributed by atoms with Crippen LogP contribution in [0.25, 0.3) is 0 Å². The Bertz CT molecular complexity index is 597. The van der Waals surface area contributed by atoms with Crippen LogP contribution in [0.4, 0.5) is 15.8 Å². The molecule has 3 N–H and O–H groups in total. The molecule has 2 rings (SSSR count). The lowest BCUT2D eigenvalue weighted by molar-refractivity contribution is 0.354. The summed E-state index contributed by atoms with van der Waals surface area (Å²) in [4.78, 5) is 0. The van der Waals surface area contributed by atoms with Crippen molar-refractivity contribution in [3.8, 4) is 11.5 Å². The molecule has 0 atom stereocenters. The maximum absolute atomic E-state index is 13.2. The molecule has 5 heteroatoms. The van der Waals surface area contributed by atoms with Crippen LogP contribution in [0.5, 0.6) is 11.5 Å². The first-order valence-corrected chi connectivity index (χ1v) is 6.63. The zero-order chi connectivity index (χ0) is 15.2. The second-order valence-corrected chi connectivity index (χ2v) is 4.64. The van der Waals surface area contributed by atoms with E-state index in [0.717, 1.165) is 12.0 Å². The second kappa shape index (κ2) is 6.83. The molecule has 0 aliphatic heterocycles. The molecule has 0 aliphatic rings. The van der Waals surface area contributed by atoms with Crippen LogP contribution >= 0.6 is 0 Å². The van der Waals surface area contributed by atoms with E-state index in [4.69, 9.17) is 15.2 Å². The molecule has 0 saturated heterocycles. The lowest BCUT2D eigenvalue weighted by Crippen LogP contribution is -2.06. The molecule has 0 amide bonds. The average molecular weight is 290 g/mol. The Hall–Kier alpha value is -2.43. The number of rotatable bonds is 6. The number of nitrogens with one attached hydrogen (secondary N) is 1. The Morgan fingerprint density at radius 2 is 1.81 bits per heavy atom. The smallest absolute Gasteiger partial charge is 0.160 e. The van der Waals surface area contributed by atoms with Crippen LogP contribution in [0.3, 0.4) is 0 Å². The average Bonchev–Trinajstić information content (AvgIpc) is 2.46. The van der Waals surface area contributed by atoms with Crippen LogP contribution in [0.15, 0.2) is 36.4 Å². The third-order valence-electron chi connectivity index (χ3n) is 3.11. The normalized spacial score (nSPS) is 10.2. The molecule has 0 unspecified atom stereocenters. The summed E-state index contributed by atoms with van der Waals surface area (Å²) in [6.07, 6.45) is 0.775. The standard InChI is InChI=1S/C16H19FN2O2/c1-20-15-4-3-11(7-16(15)21-2)5-6-19-14-9-12(17)8-13(18)10-14/h3-4,7-10,19H,5-6,18H2,1-2H3. The third-order valence-corrected chi connectivity index (χ3v) is 3.11. The lowest BCUT2D eigenvalue weighted by atomic mass is 10.1. The van der Waals surface area contributed by atoms with Gasteiger partial charge in [-0.2, -0.15) is 0 Å². The molecule has 0 fully saturated rings. The van der Waals surface area contributed by atoms with Gasteiger partial charge in [-0.3, -0.25) is 0 Å². The highest BCUT2D eigenvalue weighted by Crippen LogP contribution is 2.27. The molecular formula is C16H19FN2O2. The van der Waals surface area contributed by atoms with Gasteiger partial charge in [0.05, 0.1) is 14.2 Å². The van der Waals surface area contributed by atoms with E-state index >= 15 is 0 Å². The van der Waals surface area contributed by atoms with E-state index in [0.29, 0.717) is 29.4 Å². The van der Waals surface area contributed by atoms with Gasteiger partial charge in [0.25, 0.3) is 0 Å². The van der Waals surface area contributed by atoms with Crippen LogP contribution in [-0.2, 0) is 6.42 Å². The van der Waals surface area contributed by atoms with Crippen LogP contribution in [0.2, 0.25) is 0 Å². The number of hydrogen-bond donors (Lipinski definition) is 2. The number of methoxy groups -OCH3 is 2. The van der Waals surface area contributed by atoms with Gasteiger partial charge in [0.1, 0.15) is 5.82 Å². The zero-order valence-electron chi connectivity index (χ0n) is 12.2. The number of anilines is 2. The van der Waals surface area contributed by atoms with Gasteiger partial charge >= 0.3 is 0 Å². The summed E-state index contributed by atoms with van der Waals surface area (Å²) in [5.41, 5.74) is 7.78. The zero-order valence-corrected chi connectivity index (χ0v) is 12.2. The Morgan fingerprint density at radius 3 is 2.48 bits per heavy atom. The summed E-state index contributed by atoms with van der Waals surface area (Å²) in [6, 6.07) is 10.2. The fourth-order valence-corrected chi connectivity index (χ4v) is 2.10. The minimum Gasteiger partial charge on any atom is -0.493 e. The van der Waals surface area contributed by atoms with Crippen molar-refractivity contribution in [1.82, 2.24) is 0 Å². The van der Waals surface area contributed by atoms with Crippen molar-refractivity contribution in [3.63, 3.8) is 0 Å². The first kappa shape index (κ1) is 15.0. The number of nitrogens with two attached hydrogens (primary N) is 1. The van der Waals surface area contributed by atoms with E-state index in [1.807, 2.05) is 18.2 Å². The number of nitrogen functional groups attached to an aromatic ring is 1. The van der Waals surface area contributed by atoms with Crippen LogP contribution in [-0.4, -0.2) is 20.8 Å². The molecule has 0 saturated carbocycles. The molecule has 0 spiro atoms. The number of benzene rings is 2. The van der Waals surface area contributed by atoms with E-state index < -0.39 is 0 Å². The van der Waals surface area contributed by atoms with Gasteiger partial charge in [-0.25, -0.2) is 4.39 Å². The van der Waals surface area contributed by atoms with Crippen molar-refractivity contribution in [2.24, 2.45) is 0 Å². The van der Waals surface area contributed by atoms with Crippen molar-refractivity contribution in [2.75, 3.05) is 31.8 Å². The van der Waals surface area contributed by atoms with Gasteiger partial charge in [-0.15, -0.1) is 0 Å². The molecule has 112 valence electrons. The minimum atomic E-state index is -0.344. The molecule has 2 aromatic rings. The highest BCUT2D eigenvalue weighted by atomic mass is 19.1. The van der Waals surface area contributed by atoms with Crippen LogP contribution in [0, 0.1) is 5.82 Å². The topological polar surface area (TPSA) is 56.5 Å². The number of halogens is 1. The predicted molar refractivity (Wildman–Crippen MR) is 82.6 cm³/mol. The quantitative estimate of drug-likeness (QED) is 0.803. The second-order valence-electron chi connectivity index (χ2n) is 4.64. The third kappa shape index (κ3) is 4.02. The molecular weight excluding hydrogens is 271 g/mol. The Kier molecular flexibility index (Phi) is 4.87. The highest BCUT2D eigenvalue weighted by molar-refractivity contribution is 5.54. The van der Waals surface area contributed by atoms with Crippen molar-refractivity contribution in [1.29, 1.82) is 0 Å². The minimum absolute atomic E-state index is 0.344. The van der Waals surface area contributed by atoms with E-state index in [1.165, 1.54) is 12.1 Å². The molecule has 0 radical (unpaired) electrons. The highest BCUT2D eigenvalue weighted by Gasteiger charge is 2.04. The molecule has 21 heavy (non-hydrogen) atoms. The Morgan fingerprint density at radius 1 is 1.05 bits per heavy atom. The summed E-state index contributed by atoms with van der Waals surface area (Å²) in [6.45, 7) is 0.665. The van der Waals surface area contributed by atoms with E-state index in [-0.39, 0.29) is 5.82 Å². The van der Waals surface area contributed by atoms with Gasteiger partial charge in [0.2, 0.25) is 0 Å². The predicted octanol–water partition coefficient (Wildman–Crippen LogP) is 3.08. The summed E-state index contributed by atoms with van der Waals surface area (Å²) in [5, 5.41) is 3.15. The monoisotopic (exact) mass is 290 g/mol. The molecule has 0 aliphatic carbocycles. The van der Waals surface area contributed by atoms with Gasteiger partial charge in [0, 0.05) is 17.9 Å². The van der Waals surface area contributed by atoms with E-state index in [9.17, 15) is 4.39 Å². The van der Waals surface area contributed by atoms with Gasteiger partial charge in [-0.05, 0) is 42.3 Å². The lowest BCUT2D eigenvalue weighted by Gasteiger charge is -2.11. The molecule has 2 aromatic carbocycles. The summed E-state index contributed by atoms with van der Waals surface area (Å²) in [5.74, 6) is 1.06. The first-order valence-electron chi connectivity index (χ1n) is 6.63. The van der Waals surface area contributed by atoms with E-state index in [2.05, 4.69) is 5.32 Å².